The van der Waals surface area contributed by atoms with Crippen molar-refractivity contribution in [2.24, 2.45) is 17.3 Å². The summed E-state index contributed by atoms with van der Waals surface area (Å²) >= 11 is 0. The summed E-state index contributed by atoms with van der Waals surface area (Å²) in [5, 5.41) is 0. The maximum Gasteiger partial charge on any atom is 0.308 e. The van der Waals surface area contributed by atoms with Gasteiger partial charge in [-0.3, -0.25) is 4.79 Å². The van der Waals surface area contributed by atoms with Gasteiger partial charge in [0.25, 0.3) is 0 Å². The Bertz CT molecular complexity index is 755. The van der Waals surface area contributed by atoms with Crippen LogP contribution in [-0.2, 0) is 30.3 Å². The second-order valence-electron chi connectivity index (χ2n) is 10.7. The molecule has 1 aromatic rings. The fourth-order valence-electron chi connectivity index (χ4n) is 4.89. The van der Waals surface area contributed by atoms with E-state index < -0.39 is 11.2 Å². The lowest BCUT2D eigenvalue weighted by Crippen LogP contribution is -2.60. The van der Waals surface area contributed by atoms with Crippen molar-refractivity contribution in [3.05, 3.63) is 48.6 Å². The molecule has 5 nitrogen and oxygen atoms in total. The lowest BCUT2D eigenvalue weighted by molar-refractivity contribution is -0.355. The summed E-state index contributed by atoms with van der Waals surface area (Å²) in [5.41, 5.74) is 0.718. The van der Waals surface area contributed by atoms with E-state index in [4.69, 9.17) is 18.9 Å². The Morgan fingerprint density at radius 1 is 1.09 bits per heavy atom. The third kappa shape index (κ3) is 7.66. The highest BCUT2D eigenvalue weighted by Crippen LogP contribution is 2.46. The molecule has 0 N–H and O–H groups in total. The van der Waals surface area contributed by atoms with E-state index in [1.165, 1.54) is 0 Å². The van der Waals surface area contributed by atoms with Gasteiger partial charge in [-0.15, -0.1) is 6.58 Å². The van der Waals surface area contributed by atoms with Gasteiger partial charge in [0.15, 0.2) is 5.79 Å². The second kappa shape index (κ2) is 11.6. The maximum absolute atomic E-state index is 12.5. The molecular weight excluding hydrogens is 416 g/mol. The Morgan fingerprint density at radius 3 is 2.30 bits per heavy atom. The number of esters is 1. The van der Waals surface area contributed by atoms with Gasteiger partial charge in [-0.1, -0.05) is 64.1 Å². The molecule has 0 aliphatic carbocycles. The zero-order valence-electron chi connectivity index (χ0n) is 21.8. The van der Waals surface area contributed by atoms with Crippen LogP contribution in [0.4, 0.5) is 0 Å². The number of carbonyl (C=O) groups is 1. The van der Waals surface area contributed by atoms with Crippen LogP contribution in [0.5, 0.6) is 0 Å². The third-order valence-electron chi connectivity index (χ3n) is 6.50. The lowest BCUT2D eigenvalue weighted by atomic mass is 9.70. The van der Waals surface area contributed by atoms with E-state index in [0.717, 1.165) is 12.0 Å². The van der Waals surface area contributed by atoms with Gasteiger partial charge in [0.2, 0.25) is 0 Å². The molecule has 0 bridgehead atoms. The van der Waals surface area contributed by atoms with E-state index in [1.807, 2.05) is 52.0 Å². The number of hydrogen-bond acceptors (Lipinski definition) is 5. The predicted molar refractivity (Wildman–Crippen MR) is 132 cm³/mol. The van der Waals surface area contributed by atoms with Gasteiger partial charge in [0.1, 0.15) is 0 Å². The zero-order chi connectivity index (χ0) is 24.8. The molecule has 0 spiro atoms. The minimum atomic E-state index is -0.817. The number of hydrogen-bond donors (Lipinski definition) is 0. The monoisotopic (exact) mass is 460 g/mol. The number of allylic oxidation sites excluding steroid dienone is 1. The van der Waals surface area contributed by atoms with Crippen molar-refractivity contribution in [2.45, 2.75) is 105 Å². The Kier molecular flexibility index (Phi) is 9.71. The second-order valence-corrected chi connectivity index (χ2v) is 10.7. The molecule has 1 saturated heterocycles. The van der Waals surface area contributed by atoms with E-state index in [1.54, 1.807) is 0 Å². The molecule has 1 fully saturated rings. The third-order valence-corrected chi connectivity index (χ3v) is 6.50. The van der Waals surface area contributed by atoms with E-state index in [-0.39, 0.29) is 48.6 Å². The molecule has 2 rings (SSSR count). The highest BCUT2D eigenvalue weighted by Gasteiger charge is 2.53. The Balaban J connectivity index is 2.27. The normalized spacial score (nSPS) is 24.6. The van der Waals surface area contributed by atoms with Gasteiger partial charge >= 0.3 is 5.97 Å². The van der Waals surface area contributed by atoms with Crippen LogP contribution >= 0.6 is 0 Å². The number of rotatable bonds is 11. The first-order valence-electron chi connectivity index (χ1n) is 12.2. The largest absolute Gasteiger partial charge is 0.463 e. The molecule has 1 aliphatic rings. The Hall–Kier alpha value is -1.69. The van der Waals surface area contributed by atoms with Gasteiger partial charge in [-0.25, -0.2) is 0 Å². The van der Waals surface area contributed by atoms with Crippen LogP contribution in [0.15, 0.2) is 43.0 Å². The maximum atomic E-state index is 12.5. The Labute approximate surface area is 200 Å². The summed E-state index contributed by atoms with van der Waals surface area (Å²) in [4.78, 5) is 12.5. The molecule has 1 heterocycles. The number of ether oxygens (including phenoxy) is 4. The fraction of sp³-hybridized carbons (Fsp3) is 0.679. The topological polar surface area (TPSA) is 54.0 Å². The summed E-state index contributed by atoms with van der Waals surface area (Å²) in [6, 6.07) is 10.2. The lowest BCUT2D eigenvalue weighted by Gasteiger charge is -2.54. The number of benzene rings is 1. The SMILES string of the molecule is C=CC[C@H](C)[C@H](OCc1ccccc1)[C@@H](C)[C@H]1OC(C)(C)O[C@@H](CC(=O)OC(C)C)C1(C)C. The molecular formula is C28H44O5. The summed E-state index contributed by atoms with van der Waals surface area (Å²) in [6.45, 7) is 20.6. The first kappa shape index (κ1) is 27.6. The van der Waals surface area contributed by atoms with Crippen molar-refractivity contribution in [2.75, 3.05) is 0 Å². The first-order chi connectivity index (χ1) is 15.4. The fourth-order valence-corrected chi connectivity index (χ4v) is 4.89. The van der Waals surface area contributed by atoms with Crippen LogP contribution in [0.25, 0.3) is 0 Å². The Morgan fingerprint density at radius 2 is 1.73 bits per heavy atom. The van der Waals surface area contributed by atoms with Crippen molar-refractivity contribution in [1.29, 1.82) is 0 Å². The molecule has 33 heavy (non-hydrogen) atoms. The molecule has 0 saturated carbocycles. The zero-order valence-corrected chi connectivity index (χ0v) is 21.8. The minimum Gasteiger partial charge on any atom is -0.463 e. The van der Waals surface area contributed by atoms with Crippen molar-refractivity contribution < 1.29 is 23.7 Å². The van der Waals surface area contributed by atoms with E-state index in [9.17, 15) is 4.79 Å². The van der Waals surface area contributed by atoms with Crippen LogP contribution in [-0.4, -0.2) is 36.2 Å². The first-order valence-corrected chi connectivity index (χ1v) is 12.2. The van der Waals surface area contributed by atoms with Crippen molar-refractivity contribution in [3.8, 4) is 0 Å². The van der Waals surface area contributed by atoms with E-state index in [2.05, 4.69) is 46.4 Å². The molecule has 0 radical (unpaired) electrons. The molecule has 5 atom stereocenters. The van der Waals surface area contributed by atoms with Gasteiger partial charge in [0, 0.05) is 11.3 Å². The van der Waals surface area contributed by atoms with Crippen LogP contribution in [0, 0.1) is 17.3 Å². The van der Waals surface area contributed by atoms with Gasteiger partial charge in [-0.05, 0) is 45.6 Å². The molecule has 0 aromatic heterocycles. The van der Waals surface area contributed by atoms with Crippen molar-refractivity contribution in [1.82, 2.24) is 0 Å². The minimum absolute atomic E-state index is 0.0513. The molecule has 1 aromatic carbocycles. The van der Waals surface area contributed by atoms with Crippen LogP contribution in [0.2, 0.25) is 0 Å². The van der Waals surface area contributed by atoms with Gasteiger partial charge in [0.05, 0.1) is 37.4 Å². The molecule has 1 aliphatic heterocycles. The number of carbonyl (C=O) groups excluding carboxylic acids is 1. The highest BCUT2D eigenvalue weighted by atomic mass is 16.7. The smallest absolute Gasteiger partial charge is 0.308 e. The van der Waals surface area contributed by atoms with Crippen molar-refractivity contribution >= 4 is 5.97 Å². The molecule has 0 unspecified atom stereocenters. The summed E-state index contributed by atoms with van der Waals surface area (Å²) in [5.74, 6) is -0.742. The predicted octanol–water partition coefficient (Wildman–Crippen LogP) is 6.31. The average molecular weight is 461 g/mol. The summed E-state index contributed by atoms with van der Waals surface area (Å²) in [6.07, 6.45) is 2.28. The summed E-state index contributed by atoms with van der Waals surface area (Å²) in [7, 11) is 0. The van der Waals surface area contributed by atoms with Gasteiger partial charge < -0.3 is 18.9 Å². The summed E-state index contributed by atoms with van der Waals surface area (Å²) < 4.78 is 24.7. The highest BCUT2D eigenvalue weighted by molar-refractivity contribution is 5.70. The molecule has 0 amide bonds. The standard InChI is InChI=1S/C28H44O5/c1-10-14-20(4)25(30-18-22-15-12-11-13-16-22)21(5)26-27(6,7)23(32-28(8,9)33-26)17-24(29)31-19(2)3/h10-13,15-16,19-21,23,25-26H,1,14,17-18H2,2-9H3/t20-,21+,23-,25-,26+/m0/s1. The quantitative estimate of drug-likeness (QED) is 0.286. The van der Waals surface area contributed by atoms with Crippen LogP contribution in [0.3, 0.4) is 0 Å². The van der Waals surface area contributed by atoms with Crippen LogP contribution in [0.1, 0.15) is 73.8 Å². The average Bonchev–Trinajstić information content (AvgIpc) is 2.71. The molecule has 186 valence electrons. The van der Waals surface area contributed by atoms with E-state index >= 15 is 0 Å². The van der Waals surface area contributed by atoms with Crippen LogP contribution < -0.4 is 0 Å². The van der Waals surface area contributed by atoms with Crippen molar-refractivity contribution in [3.63, 3.8) is 0 Å². The van der Waals surface area contributed by atoms with Gasteiger partial charge in [-0.2, -0.15) is 0 Å². The van der Waals surface area contributed by atoms with E-state index in [0.29, 0.717) is 6.61 Å². The molecule has 5 heteroatoms.